The highest BCUT2D eigenvalue weighted by molar-refractivity contribution is 4.86. The molecule has 3 nitrogen and oxygen atoms in total. The zero-order valence-electron chi connectivity index (χ0n) is 11.6. The quantitative estimate of drug-likeness (QED) is 0.812. The molecule has 2 rings (SSSR count). The molecular formula is C14H28N2O. The molecule has 2 atom stereocenters. The minimum absolute atomic E-state index is 0.649. The van der Waals surface area contributed by atoms with Gasteiger partial charge in [-0.15, -0.1) is 0 Å². The smallest absolute Gasteiger partial charge is 0.0469 e. The van der Waals surface area contributed by atoms with E-state index in [1.807, 2.05) is 0 Å². The minimum atomic E-state index is 0.649. The van der Waals surface area contributed by atoms with Crippen molar-refractivity contribution in [3.05, 3.63) is 0 Å². The Hall–Kier alpha value is -0.120. The summed E-state index contributed by atoms with van der Waals surface area (Å²) in [5.74, 6) is 0.817. The summed E-state index contributed by atoms with van der Waals surface area (Å²) < 4.78 is 5.43. The van der Waals surface area contributed by atoms with Gasteiger partial charge in [0.1, 0.15) is 0 Å². The predicted octanol–water partition coefficient (Wildman–Crippen LogP) is 1.87. The number of nitrogens with zero attached hydrogens (tertiary/aromatic N) is 1. The van der Waals surface area contributed by atoms with Crippen molar-refractivity contribution >= 4 is 0 Å². The second kappa shape index (κ2) is 6.17. The van der Waals surface area contributed by atoms with Crippen molar-refractivity contribution in [2.75, 3.05) is 26.3 Å². The number of hydrogen-bond acceptors (Lipinski definition) is 3. The summed E-state index contributed by atoms with van der Waals surface area (Å²) in [6.07, 6.45) is 3.77. The van der Waals surface area contributed by atoms with Gasteiger partial charge in [0.15, 0.2) is 0 Å². The lowest BCUT2D eigenvalue weighted by molar-refractivity contribution is 0.0545. The largest absolute Gasteiger partial charge is 0.381 e. The Labute approximate surface area is 106 Å². The van der Waals surface area contributed by atoms with Crippen molar-refractivity contribution in [3.8, 4) is 0 Å². The maximum absolute atomic E-state index is 5.43. The van der Waals surface area contributed by atoms with E-state index in [9.17, 15) is 0 Å². The van der Waals surface area contributed by atoms with E-state index in [0.29, 0.717) is 18.1 Å². The molecule has 2 aliphatic heterocycles. The predicted molar refractivity (Wildman–Crippen MR) is 71.3 cm³/mol. The number of ether oxygens (including phenoxy) is 1. The van der Waals surface area contributed by atoms with Crippen LogP contribution in [0.3, 0.4) is 0 Å². The average molecular weight is 240 g/mol. The van der Waals surface area contributed by atoms with E-state index < -0.39 is 0 Å². The van der Waals surface area contributed by atoms with E-state index in [1.54, 1.807) is 0 Å². The number of likely N-dealkylation sites (tertiary alicyclic amines) is 1. The van der Waals surface area contributed by atoms with Crippen LogP contribution >= 0.6 is 0 Å². The van der Waals surface area contributed by atoms with Crippen LogP contribution in [0.2, 0.25) is 0 Å². The highest BCUT2D eigenvalue weighted by Crippen LogP contribution is 2.20. The molecule has 2 aliphatic rings. The molecule has 0 aromatic carbocycles. The molecule has 3 heteroatoms. The van der Waals surface area contributed by atoms with Gasteiger partial charge in [-0.05, 0) is 52.5 Å². The summed E-state index contributed by atoms with van der Waals surface area (Å²) in [5.41, 5.74) is 0. The molecule has 2 heterocycles. The Kier molecular flexibility index (Phi) is 4.83. The molecule has 0 aromatic rings. The lowest BCUT2D eigenvalue weighted by Gasteiger charge is -2.31. The fourth-order valence-corrected chi connectivity index (χ4v) is 3.12. The van der Waals surface area contributed by atoms with Crippen LogP contribution in [0.1, 0.15) is 40.0 Å². The van der Waals surface area contributed by atoms with Gasteiger partial charge < -0.3 is 10.1 Å². The SMILES string of the molecule is CC(NC1CCN(C(C)C)C1)C1CCOCC1. The first kappa shape index (κ1) is 13.3. The van der Waals surface area contributed by atoms with Crippen molar-refractivity contribution < 1.29 is 4.74 Å². The molecule has 2 unspecified atom stereocenters. The summed E-state index contributed by atoms with van der Waals surface area (Å²) in [6.45, 7) is 11.3. The van der Waals surface area contributed by atoms with Crippen molar-refractivity contribution in [1.29, 1.82) is 0 Å². The summed E-state index contributed by atoms with van der Waals surface area (Å²) >= 11 is 0. The minimum Gasteiger partial charge on any atom is -0.381 e. The first-order chi connectivity index (χ1) is 8.16. The molecule has 0 bridgehead atoms. The van der Waals surface area contributed by atoms with Gasteiger partial charge in [0, 0.05) is 37.9 Å². The Morgan fingerprint density at radius 1 is 1.12 bits per heavy atom. The fraction of sp³-hybridized carbons (Fsp3) is 1.00. The maximum atomic E-state index is 5.43. The molecule has 0 amide bonds. The van der Waals surface area contributed by atoms with Gasteiger partial charge in [0.2, 0.25) is 0 Å². The first-order valence-electron chi connectivity index (χ1n) is 7.24. The average Bonchev–Trinajstić information content (AvgIpc) is 2.79. The summed E-state index contributed by atoms with van der Waals surface area (Å²) in [7, 11) is 0. The molecule has 0 spiro atoms. The van der Waals surface area contributed by atoms with Crippen LogP contribution in [0.25, 0.3) is 0 Å². The van der Waals surface area contributed by atoms with Crippen LogP contribution in [0.5, 0.6) is 0 Å². The Morgan fingerprint density at radius 3 is 2.41 bits per heavy atom. The molecule has 2 fully saturated rings. The molecular weight excluding hydrogens is 212 g/mol. The van der Waals surface area contributed by atoms with Crippen LogP contribution in [-0.4, -0.2) is 49.3 Å². The van der Waals surface area contributed by atoms with Crippen LogP contribution < -0.4 is 5.32 Å². The number of rotatable bonds is 4. The van der Waals surface area contributed by atoms with E-state index in [1.165, 1.54) is 32.4 Å². The number of nitrogens with one attached hydrogen (secondary N) is 1. The highest BCUT2D eigenvalue weighted by Gasteiger charge is 2.27. The summed E-state index contributed by atoms with van der Waals surface area (Å²) in [6, 6.07) is 2.05. The Balaban J connectivity index is 1.73. The zero-order valence-corrected chi connectivity index (χ0v) is 11.6. The molecule has 100 valence electrons. The van der Waals surface area contributed by atoms with Gasteiger partial charge in [-0.3, -0.25) is 4.90 Å². The fourth-order valence-electron chi connectivity index (χ4n) is 3.12. The van der Waals surface area contributed by atoms with Crippen molar-refractivity contribution in [3.63, 3.8) is 0 Å². The molecule has 0 aliphatic carbocycles. The standard InChI is InChI=1S/C14H28N2O/c1-11(2)16-7-4-14(10-16)15-12(3)13-5-8-17-9-6-13/h11-15H,4-10H2,1-3H3. The van der Waals surface area contributed by atoms with E-state index in [4.69, 9.17) is 4.74 Å². The third-order valence-electron chi connectivity index (χ3n) is 4.42. The van der Waals surface area contributed by atoms with E-state index in [2.05, 4.69) is 31.0 Å². The van der Waals surface area contributed by atoms with Gasteiger partial charge in [-0.1, -0.05) is 0 Å². The Morgan fingerprint density at radius 2 is 1.82 bits per heavy atom. The lowest BCUT2D eigenvalue weighted by atomic mass is 9.92. The molecule has 2 saturated heterocycles. The molecule has 1 N–H and O–H groups in total. The van der Waals surface area contributed by atoms with Gasteiger partial charge in [-0.2, -0.15) is 0 Å². The van der Waals surface area contributed by atoms with Crippen LogP contribution in [-0.2, 0) is 4.74 Å². The zero-order chi connectivity index (χ0) is 12.3. The van der Waals surface area contributed by atoms with Crippen molar-refractivity contribution in [2.24, 2.45) is 5.92 Å². The van der Waals surface area contributed by atoms with E-state index >= 15 is 0 Å². The topological polar surface area (TPSA) is 24.5 Å². The second-order valence-electron chi connectivity index (χ2n) is 5.98. The number of hydrogen-bond donors (Lipinski definition) is 1. The highest BCUT2D eigenvalue weighted by atomic mass is 16.5. The summed E-state index contributed by atoms with van der Waals surface area (Å²) in [5, 5.41) is 3.84. The van der Waals surface area contributed by atoms with Crippen LogP contribution in [0.15, 0.2) is 0 Å². The molecule has 0 saturated carbocycles. The van der Waals surface area contributed by atoms with E-state index in [-0.39, 0.29) is 0 Å². The maximum Gasteiger partial charge on any atom is 0.0469 e. The van der Waals surface area contributed by atoms with Crippen molar-refractivity contribution in [1.82, 2.24) is 10.2 Å². The third-order valence-corrected chi connectivity index (χ3v) is 4.42. The second-order valence-corrected chi connectivity index (χ2v) is 5.98. The lowest BCUT2D eigenvalue weighted by Crippen LogP contribution is -2.44. The van der Waals surface area contributed by atoms with E-state index in [0.717, 1.165) is 19.1 Å². The van der Waals surface area contributed by atoms with Gasteiger partial charge in [-0.25, -0.2) is 0 Å². The molecule has 0 aromatic heterocycles. The van der Waals surface area contributed by atoms with Gasteiger partial charge >= 0.3 is 0 Å². The van der Waals surface area contributed by atoms with Gasteiger partial charge in [0.05, 0.1) is 0 Å². The van der Waals surface area contributed by atoms with Gasteiger partial charge in [0.25, 0.3) is 0 Å². The van der Waals surface area contributed by atoms with Crippen LogP contribution in [0.4, 0.5) is 0 Å². The summed E-state index contributed by atoms with van der Waals surface area (Å²) in [4.78, 5) is 2.58. The first-order valence-corrected chi connectivity index (χ1v) is 7.24. The Bertz CT molecular complexity index is 226. The normalized spacial score (nSPS) is 30.0. The van der Waals surface area contributed by atoms with Crippen LogP contribution in [0, 0.1) is 5.92 Å². The monoisotopic (exact) mass is 240 g/mol. The third kappa shape index (κ3) is 3.67. The molecule has 0 radical (unpaired) electrons. The van der Waals surface area contributed by atoms with Crippen molar-refractivity contribution in [2.45, 2.75) is 58.2 Å². The molecule has 17 heavy (non-hydrogen) atoms.